The molecule has 0 bridgehead atoms. The van der Waals surface area contributed by atoms with Crippen molar-refractivity contribution in [3.05, 3.63) is 0 Å². The second-order valence-electron chi connectivity index (χ2n) is 5.52. The van der Waals surface area contributed by atoms with Crippen molar-refractivity contribution in [1.82, 2.24) is 0 Å². The molecule has 2 aliphatic rings. The average Bonchev–Trinajstić information content (AvgIpc) is 2.68. The van der Waals surface area contributed by atoms with Gasteiger partial charge in [0.15, 0.2) is 0 Å². The van der Waals surface area contributed by atoms with Crippen molar-refractivity contribution in [1.29, 1.82) is 0 Å². The highest BCUT2D eigenvalue weighted by atomic mass is 16.5. The van der Waals surface area contributed by atoms with Gasteiger partial charge in [0.1, 0.15) is 0 Å². The molecule has 1 heterocycles. The van der Waals surface area contributed by atoms with Crippen molar-refractivity contribution in [2.75, 3.05) is 6.61 Å². The van der Waals surface area contributed by atoms with Gasteiger partial charge < -0.3 is 9.84 Å². The molecule has 1 N–H and O–H groups in total. The first-order valence-corrected chi connectivity index (χ1v) is 6.53. The van der Waals surface area contributed by atoms with Crippen LogP contribution < -0.4 is 0 Å². The van der Waals surface area contributed by atoms with Crippen molar-refractivity contribution in [3.63, 3.8) is 0 Å². The molecule has 2 unspecified atom stereocenters. The van der Waals surface area contributed by atoms with Crippen LogP contribution in [0.4, 0.5) is 0 Å². The Bertz CT molecular complexity index is 191. The monoisotopic (exact) mass is 212 g/mol. The van der Waals surface area contributed by atoms with E-state index in [1.165, 1.54) is 32.1 Å². The molecule has 2 rings (SSSR count). The maximum atomic E-state index is 10.2. The van der Waals surface area contributed by atoms with E-state index in [4.69, 9.17) is 4.74 Å². The Morgan fingerprint density at radius 2 is 2.00 bits per heavy atom. The molecule has 0 aromatic heterocycles. The minimum atomic E-state index is -0.247. The van der Waals surface area contributed by atoms with Crippen LogP contribution in [0.3, 0.4) is 0 Å². The van der Waals surface area contributed by atoms with Crippen LogP contribution in [0.15, 0.2) is 0 Å². The summed E-state index contributed by atoms with van der Waals surface area (Å²) in [5, 5.41) is 10.2. The molecule has 1 aliphatic carbocycles. The van der Waals surface area contributed by atoms with Crippen LogP contribution in [0.2, 0.25) is 0 Å². The van der Waals surface area contributed by atoms with Gasteiger partial charge >= 0.3 is 0 Å². The molecule has 1 saturated heterocycles. The summed E-state index contributed by atoms with van der Waals surface area (Å²) in [7, 11) is 0. The Balaban J connectivity index is 1.82. The molecule has 1 aliphatic heterocycles. The first-order chi connectivity index (χ1) is 7.21. The van der Waals surface area contributed by atoms with Crippen molar-refractivity contribution < 1.29 is 9.84 Å². The maximum Gasteiger partial charge on any atom is 0.0913 e. The summed E-state index contributed by atoms with van der Waals surface area (Å²) in [6.07, 6.45) is 9.57. The van der Waals surface area contributed by atoms with E-state index < -0.39 is 0 Å². The highest BCUT2D eigenvalue weighted by molar-refractivity contribution is 4.89. The molecule has 2 heteroatoms. The fourth-order valence-corrected chi connectivity index (χ4v) is 3.05. The van der Waals surface area contributed by atoms with Gasteiger partial charge in [0.05, 0.1) is 11.7 Å². The largest absolute Gasteiger partial charge is 0.390 e. The van der Waals surface area contributed by atoms with Crippen LogP contribution in [0.25, 0.3) is 0 Å². The van der Waals surface area contributed by atoms with Gasteiger partial charge in [0, 0.05) is 6.61 Å². The number of aliphatic hydroxyl groups excluding tert-OH is 1. The van der Waals surface area contributed by atoms with Crippen LogP contribution in [0.1, 0.15) is 58.3 Å². The lowest BCUT2D eigenvalue weighted by Crippen LogP contribution is -2.40. The smallest absolute Gasteiger partial charge is 0.0913 e. The zero-order valence-electron chi connectivity index (χ0n) is 9.87. The number of ether oxygens (including phenoxy) is 1. The van der Waals surface area contributed by atoms with Gasteiger partial charge in [-0.25, -0.2) is 0 Å². The summed E-state index contributed by atoms with van der Waals surface area (Å²) in [6, 6.07) is 0. The summed E-state index contributed by atoms with van der Waals surface area (Å²) in [4.78, 5) is 0. The van der Waals surface area contributed by atoms with E-state index in [1.54, 1.807) is 0 Å². The zero-order chi connectivity index (χ0) is 10.7. The lowest BCUT2D eigenvalue weighted by molar-refractivity contribution is -0.0871. The standard InChI is InChI=1S/C13H24O2/c1-13(8-5-9-15-13)12(14)10-11-6-3-2-4-7-11/h11-12,14H,2-10H2,1H3. The van der Waals surface area contributed by atoms with Crippen LogP contribution in [0.5, 0.6) is 0 Å². The number of hydrogen-bond acceptors (Lipinski definition) is 2. The second-order valence-corrected chi connectivity index (χ2v) is 5.52. The van der Waals surface area contributed by atoms with Crippen LogP contribution in [-0.2, 0) is 4.74 Å². The molecule has 15 heavy (non-hydrogen) atoms. The van der Waals surface area contributed by atoms with E-state index in [2.05, 4.69) is 6.92 Å². The van der Waals surface area contributed by atoms with Gasteiger partial charge in [-0.15, -0.1) is 0 Å². The maximum absolute atomic E-state index is 10.2. The minimum Gasteiger partial charge on any atom is -0.390 e. The summed E-state index contributed by atoms with van der Waals surface area (Å²) in [5.74, 6) is 0.745. The van der Waals surface area contributed by atoms with E-state index in [1.807, 2.05) is 0 Å². The topological polar surface area (TPSA) is 29.5 Å². The van der Waals surface area contributed by atoms with E-state index in [0.29, 0.717) is 0 Å². The molecule has 2 nitrogen and oxygen atoms in total. The Hall–Kier alpha value is -0.0800. The first-order valence-electron chi connectivity index (χ1n) is 6.53. The van der Waals surface area contributed by atoms with E-state index in [0.717, 1.165) is 31.8 Å². The second kappa shape index (κ2) is 4.84. The van der Waals surface area contributed by atoms with Crippen LogP contribution in [0, 0.1) is 5.92 Å². The normalized spacial score (nSPS) is 35.6. The van der Waals surface area contributed by atoms with Crippen molar-refractivity contribution in [2.24, 2.45) is 5.92 Å². The first kappa shape index (κ1) is 11.4. The van der Waals surface area contributed by atoms with Crippen molar-refractivity contribution >= 4 is 0 Å². The molecule has 0 aromatic rings. The van der Waals surface area contributed by atoms with Gasteiger partial charge in [-0.1, -0.05) is 32.1 Å². The Kier molecular flexibility index (Phi) is 3.68. The van der Waals surface area contributed by atoms with Gasteiger partial charge in [-0.05, 0) is 32.1 Å². The van der Waals surface area contributed by atoms with Gasteiger partial charge in [0.25, 0.3) is 0 Å². The lowest BCUT2D eigenvalue weighted by atomic mass is 9.81. The molecule has 0 radical (unpaired) electrons. The number of hydrogen-bond donors (Lipinski definition) is 1. The average molecular weight is 212 g/mol. The van der Waals surface area contributed by atoms with Crippen molar-refractivity contribution in [2.45, 2.75) is 70.0 Å². The highest BCUT2D eigenvalue weighted by Gasteiger charge is 2.38. The van der Waals surface area contributed by atoms with Gasteiger partial charge in [0.2, 0.25) is 0 Å². The number of aliphatic hydroxyl groups is 1. The molecule has 0 amide bonds. The van der Waals surface area contributed by atoms with Crippen molar-refractivity contribution in [3.8, 4) is 0 Å². The fraction of sp³-hybridized carbons (Fsp3) is 1.00. The Labute approximate surface area is 93.0 Å². The fourth-order valence-electron chi connectivity index (χ4n) is 3.05. The molecule has 88 valence electrons. The third-order valence-electron chi connectivity index (χ3n) is 4.24. The molecule has 2 fully saturated rings. The lowest BCUT2D eigenvalue weighted by Gasteiger charge is -2.33. The number of rotatable bonds is 3. The molecular weight excluding hydrogens is 188 g/mol. The summed E-state index contributed by atoms with van der Waals surface area (Å²) in [6.45, 7) is 2.91. The zero-order valence-corrected chi connectivity index (χ0v) is 9.87. The minimum absolute atomic E-state index is 0.239. The molecule has 1 saturated carbocycles. The van der Waals surface area contributed by atoms with Gasteiger partial charge in [-0.3, -0.25) is 0 Å². The molecular formula is C13H24O2. The predicted molar refractivity (Wildman–Crippen MR) is 60.8 cm³/mol. The van der Waals surface area contributed by atoms with E-state index in [9.17, 15) is 5.11 Å². The van der Waals surface area contributed by atoms with E-state index >= 15 is 0 Å². The summed E-state index contributed by atoms with van der Waals surface area (Å²) in [5.41, 5.74) is -0.239. The molecule has 0 aromatic carbocycles. The molecule has 0 spiro atoms. The Morgan fingerprint density at radius 1 is 1.27 bits per heavy atom. The third kappa shape index (κ3) is 2.73. The quantitative estimate of drug-likeness (QED) is 0.779. The Morgan fingerprint density at radius 3 is 2.60 bits per heavy atom. The van der Waals surface area contributed by atoms with Gasteiger partial charge in [-0.2, -0.15) is 0 Å². The summed E-state index contributed by atoms with van der Waals surface area (Å²) >= 11 is 0. The van der Waals surface area contributed by atoms with Crippen LogP contribution >= 0.6 is 0 Å². The molecule has 2 atom stereocenters. The SMILES string of the molecule is CC1(C(O)CC2CCCCC2)CCCO1. The summed E-state index contributed by atoms with van der Waals surface area (Å²) < 4.78 is 5.69. The van der Waals surface area contributed by atoms with Crippen LogP contribution in [-0.4, -0.2) is 23.4 Å². The van der Waals surface area contributed by atoms with E-state index in [-0.39, 0.29) is 11.7 Å². The predicted octanol–water partition coefficient (Wildman–Crippen LogP) is 2.89. The third-order valence-corrected chi connectivity index (χ3v) is 4.24. The highest BCUT2D eigenvalue weighted by Crippen LogP contribution is 2.35.